The first-order chi connectivity index (χ1) is 8.60. The number of thiophene rings is 1. The van der Waals surface area contributed by atoms with E-state index in [9.17, 15) is 18.0 Å². The van der Waals surface area contributed by atoms with E-state index in [4.69, 9.17) is 5.73 Å². The number of anilines is 2. The van der Waals surface area contributed by atoms with Gasteiger partial charge in [0, 0.05) is 20.1 Å². The van der Waals surface area contributed by atoms with E-state index in [1.54, 1.807) is 14.1 Å². The highest BCUT2D eigenvalue weighted by atomic mass is 32.1. The van der Waals surface area contributed by atoms with E-state index in [0.29, 0.717) is 9.88 Å². The van der Waals surface area contributed by atoms with E-state index in [2.05, 4.69) is 5.32 Å². The Kier molecular flexibility index (Phi) is 4.67. The molecule has 0 fully saturated rings. The summed E-state index contributed by atoms with van der Waals surface area (Å²) in [7, 11) is 3.17. The second-order valence-corrected chi connectivity index (χ2v) is 5.51. The zero-order valence-corrected chi connectivity index (χ0v) is 11.7. The van der Waals surface area contributed by atoms with Crippen LogP contribution in [0.25, 0.3) is 0 Å². The predicted octanol–water partition coefficient (Wildman–Crippen LogP) is 2.78. The summed E-state index contributed by atoms with van der Waals surface area (Å²) in [4.78, 5) is 13.4. The molecule has 1 atom stereocenters. The number of nitrogen functional groups attached to an aromatic ring is 1. The third kappa shape index (κ3) is 4.62. The quantitative estimate of drug-likeness (QED) is 0.898. The van der Waals surface area contributed by atoms with Crippen molar-refractivity contribution in [2.24, 2.45) is 0 Å². The SMILES string of the molecule is CC(CC(F)(F)F)Nc1cc(N)c(C(=O)N(C)C)s1. The van der Waals surface area contributed by atoms with Gasteiger partial charge in [0.1, 0.15) is 4.88 Å². The van der Waals surface area contributed by atoms with Gasteiger partial charge >= 0.3 is 6.18 Å². The highest BCUT2D eigenvalue weighted by Crippen LogP contribution is 2.31. The average Bonchev–Trinajstić information content (AvgIpc) is 2.54. The molecular formula is C11H16F3N3OS. The number of nitrogens with two attached hydrogens (primary N) is 1. The molecule has 0 saturated heterocycles. The monoisotopic (exact) mass is 295 g/mol. The van der Waals surface area contributed by atoms with Crippen LogP contribution in [-0.4, -0.2) is 37.1 Å². The van der Waals surface area contributed by atoms with Gasteiger partial charge in [0.05, 0.1) is 17.1 Å². The van der Waals surface area contributed by atoms with Crippen LogP contribution in [0.2, 0.25) is 0 Å². The molecule has 0 bridgehead atoms. The molecule has 0 saturated carbocycles. The maximum atomic E-state index is 12.2. The van der Waals surface area contributed by atoms with Gasteiger partial charge in [-0.3, -0.25) is 4.79 Å². The first-order valence-electron chi connectivity index (χ1n) is 5.54. The number of carbonyl (C=O) groups excluding carboxylic acids is 1. The highest BCUT2D eigenvalue weighted by molar-refractivity contribution is 7.18. The van der Waals surface area contributed by atoms with Crippen LogP contribution < -0.4 is 11.1 Å². The summed E-state index contributed by atoms with van der Waals surface area (Å²) in [6.07, 6.45) is -5.17. The first-order valence-corrected chi connectivity index (χ1v) is 6.36. The fraction of sp³-hybridized carbons (Fsp3) is 0.545. The second-order valence-electron chi connectivity index (χ2n) is 4.46. The smallest absolute Gasteiger partial charge is 0.391 e. The largest absolute Gasteiger partial charge is 0.397 e. The van der Waals surface area contributed by atoms with Gasteiger partial charge in [-0.1, -0.05) is 0 Å². The van der Waals surface area contributed by atoms with Gasteiger partial charge in [-0.25, -0.2) is 0 Å². The van der Waals surface area contributed by atoms with Gasteiger partial charge < -0.3 is 16.0 Å². The van der Waals surface area contributed by atoms with Crippen molar-refractivity contribution in [2.45, 2.75) is 25.6 Å². The molecule has 19 heavy (non-hydrogen) atoms. The normalized spacial score (nSPS) is 13.2. The van der Waals surface area contributed by atoms with Crippen molar-refractivity contribution in [3.05, 3.63) is 10.9 Å². The van der Waals surface area contributed by atoms with Crippen LogP contribution in [0, 0.1) is 0 Å². The minimum Gasteiger partial charge on any atom is -0.397 e. The number of alkyl halides is 3. The van der Waals surface area contributed by atoms with Crippen LogP contribution in [-0.2, 0) is 0 Å². The zero-order valence-electron chi connectivity index (χ0n) is 10.8. The molecule has 1 amide bonds. The third-order valence-corrected chi connectivity index (χ3v) is 3.36. The van der Waals surface area contributed by atoms with Crippen LogP contribution in [0.15, 0.2) is 6.07 Å². The second kappa shape index (κ2) is 5.68. The molecule has 1 heterocycles. The molecule has 3 N–H and O–H groups in total. The lowest BCUT2D eigenvalue weighted by atomic mass is 10.2. The summed E-state index contributed by atoms with van der Waals surface area (Å²) in [5, 5.41) is 3.16. The zero-order chi connectivity index (χ0) is 14.8. The molecule has 0 aliphatic rings. The van der Waals surface area contributed by atoms with Crippen molar-refractivity contribution in [3.8, 4) is 0 Å². The summed E-state index contributed by atoms with van der Waals surface area (Å²) in [6, 6.07) is 0.703. The van der Waals surface area contributed by atoms with Crippen molar-refractivity contribution >= 4 is 27.9 Å². The Hall–Kier alpha value is -1.44. The highest BCUT2D eigenvalue weighted by Gasteiger charge is 2.30. The molecule has 0 aliphatic carbocycles. The number of amides is 1. The number of rotatable bonds is 4. The lowest BCUT2D eigenvalue weighted by Gasteiger charge is -2.15. The minimum absolute atomic E-state index is 0.265. The summed E-state index contributed by atoms with van der Waals surface area (Å²) in [5.74, 6) is -0.265. The fourth-order valence-corrected chi connectivity index (χ4v) is 2.60. The molecule has 4 nitrogen and oxygen atoms in total. The molecule has 0 radical (unpaired) electrons. The van der Waals surface area contributed by atoms with E-state index in [-0.39, 0.29) is 11.6 Å². The van der Waals surface area contributed by atoms with Gasteiger partial charge in [-0.2, -0.15) is 13.2 Å². The molecule has 1 aromatic rings. The van der Waals surface area contributed by atoms with Crippen LogP contribution in [0.1, 0.15) is 23.0 Å². The summed E-state index contributed by atoms with van der Waals surface area (Å²) in [5.41, 5.74) is 5.95. The Bertz CT molecular complexity index is 457. The Balaban J connectivity index is 2.76. The summed E-state index contributed by atoms with van der Waals surface area (Å²) >= 11 is 1.06. The molecule has 108 valence electrons. The van der Waals surface area contributed by atoms with Crippen LogP contribution >= 0.6 is 11.3 Å². The van der Waals surface area contributed by atoms with Crippen LogP contribution in [0.3, 0.4) is 0 Å². The molecule has 0 aliphatic heterocycles. The van der Waals surface area contributed by atoms with E-state index in [1.807, 2.05) is 0 Å². The van der Waals surface area contributed by atoms with Gasteiger partial charge in [-0.05, 0) is 13.0 Å². The molecule has 0 aromatic carbocycles. The average molecular weight is 295 g/mol. The molecule has 1 unspecified atom stereocenters. The van der Waals surface area contributed by atoms with Gasteiger partial charge in [0.25, 0.3) is 5.91 Å². The lowest BCUT2D eigenvalue weighted by molar-refractivity contribution is -0.136. The first kappa shape index (κ1) is 15.6. The maximum absolute atomic E-state index is 12.2. The van der Waals surface area contributed by atoms with Crippen molar-refractivity contribution in [3.63, 3.8) is 0 Å². The van der Waals surface area contributed by atoms with Gasteiger partial charge in [0.2, 0.25) is 0 Å². The molecule has 0 spiro atoms. The molecule has 1 rings (SSSR count). The van der Waals surface area contributed by atoms with E-state index in [0.717, 1.165) is 11.3 Å². The number of carbonyl (C=O) groups is 1. The van der Waals surface area contributed by atoms with E-state index < -0.39 is 18.6 Å². The molecular weight excluding hydrogens is 279 g/mol. The fourth-order valence-electron chi connectivity index (χ4n) is 1.49. The van der Waals surface area contributed by atoms with Crippen molar-refractivity contribution < 1.29 is 18.0 Å². The van der Waals surface area contributed by atoms with E-state index in [1.165, 1.54) is 17.9 Å². The topological polar surface area (TPSA) is 58.4 Å². The van der Waals surface area contributed by atoms with Crippen molar-refractivity contribution in [1.82, 2.24) is 4.90 Å². The number of hydrogen-bond acceptors (Lipinski definition) is 4. The van der Waals surface area contributed by atoms with Crippen LogP contribution in [0.4, 0.5) is 23.9 Å². The summed E-state index contributed by atoms with van der Waals surface area (Å²) in [6.45, 7) is 1.43. The lowest BCUT2D eigenvalue weighted by Crippen LogP contribution is -2.23. The Morgan fingerprint density at radius 2 is 2.11 bits per heavy atom. The molecule has 1 aromatic heterocycles. The van der Waals surface area contributed by atoms with E-state index >= 15 is 0 Å². The standard InChI is InChI=1S/C11H16F3N3OS/c1-6(5-11(12,13)14)16-8-4-7(15)9(19-8)10(18)17(2)3/h4,6,16H,5,15H2,1-3H3. The Labute approximate surface area is 113 Å². The minimum atomic E-state index is -4.22. The summed E-state index contributed by atoms with van der Waals surface area (Å²) < 4.78 is 36.6. The number of halogens is 3. The third-order valence-electron chi connectivity index (χ3n) is 2.29. The number of nitrogens with one attached hydrogen (secondary N) is 1. The van der Waals surface area contributed by atoms with Crippen molar-refractivity contribution in [1.29, 1.82) is 0 Å². The van der Waals surface area contributed by atoms with Crippen LogP contribution in [0.5, 0.6) is 0 Å². The number of nitrogens with zero attached hydrogens (tertiary/aromatic N) is 1. The predicted molar refractivity (Wildman–Crippen MR) is 70.5 cm³/mol. The van der Waals surface area contributed by atoms with Gasteiger partial charge in [-0.15, -0.1) is 11.3 Å². The molecule has 8 heteroatoms. The maximum Gasteiger partial charge on any atom is 0.391 e. The Morgan fingerprint density at radius 1 is 1.53 bits per heavy atom. The van der Waals surface area contributed by atoms with Gasteiger partial charge in [0.15, 0.2) is 0 Å². The number of hydrogen-bond donors (Lipinski definition) is 2. The Morgan fingerprint density at radius 3 is 2.58 bits per heavy atom. The van der Waals surface area contributed by atoms with Crippen molar-refractivity contribution in [2.75, 3.05) is 25.1 Å².